The molecule has 0 saturated carbocycles. The topological polar surface area (TPSA) is 47.3 Å². The Morgan fingerprint density at radius 2 is 2.00 bits per heavy atom. The molecular formula is C17H14F2N2O2. The first-order chi connectivity index (χ1) is 11.1. The minimum Gasteiger partial charge on any atom is -0.504 e. The highest BCUT2D eigenvalue weighted by Gasteiger charge is 2.10. The van der Waals surface area contributed by atoms with Crippen LogP contribution in [0.2, 0.25) is 0 Å². The Bertz CT molecular complexity index is 846. The first kappa shape index (κ1) is 15.0. The molecule has 0 fully saturated rings. The quantitative estimate of drug-likeness (QED) is 0.800. The van der Waals surface area contributed by atoms with Crippen LogP contribution < -0.4 is 4.74 Å². The standard InChI is InChI=1S/C17H14F2N2O2/c1-23-16-6-5-11(9-15(16)22)14-7-8-21(20-14)10-12-3-2-4-13(18)17(12)19/h2-9,22H,10H2,1H3. The first-order valence-electron chi connectivity index (χ1n) is 6.92. The van der Waals surface area contributed by atoms with Gasteiger partial charge in [-0.1, -0.05) is 12.1 Å². The third-order valence-electron chi connectivity index (χ3n) is 3.48. The molecule has 3 aromatic rings. The molecule has 0 aliphatic carbocycles. The van der Waals surface area contributed by atoms with Crippen LogP contribution in [0.25, 0.3) is 11.3 Å². The van der Waals surface area contributed by atoms with Crippen molar-refractivity contribution in [2.45, 2.75) is 6.54 Å². The number of benzene rings is 2. The Kier molecular flexibility index (Phi) is 3.97. The molecule has 2 aromatic carbocycles. The normalized spacial score (nSPS) is 10.7. The second-order valence-corrected chi connectivity index (χ2v) is 5.00. The molecule has 0 aliphatic rings. The summed E-state index contributed by atoms with van der Waals surface area (Å²) in [7, 11) is 1.47. The van der Waals surface area contributed by atoms with Gasteiger partial charge in [0.05, 0.1) is 19.3 Å². The summed E-state index contributed by atoms with van der Waals surface area (Å²) < 4.78 is 33.4. The van der Waals surface area contributed by atoms with Gasteiger partial charge in [-0.3, -0.25) is 4.68 Å². The van der Waals surface area contributed by atoms with E-state index in [1.807, 2.05) is 0 Å². The van der Waals surface area contributed by atoms with E-state index in [0.717, 1.165) is 6.07 Å². The minimum absolute atomic E-state index is 0.00993. The summed E-state index contributed by atoms with van der Waals surface area (Å²) in [6.07, 6.45) is 1.67. The number of halogens is 2. The largest absolute Gasteiger partial charge is 0.504 e. The van der Waals surface area contributed by atoms with Gasteiger partial charge >= 0.3 is 0 Å². The van der Waals surface area contributed by atoms with Gasteiger partial charge in [-0.15, -0.1) is 0 Å². The van der Waals surface area contributed by atoms with E-state index < -0.39 is 11.6 Å². The monoisotopic (exact) mass is 316 g/mol. The molecule has 4 nitrogen and oxygen atoms in total. The Labute approximate surface area is 131 Å². The van der Waals surface area contributed by atoms with Gasteiger partial charge in [-0.2, -0.15) is 5.10 Å². The van der Waals surface area contributed by atoms with E-state index in [0.29, 0.717) is 17.0 Å². The van der Waals surface area contributed by atoms with E-state index in [1.54, 1.807) is 24.4 Å². The fourth-order valence-electron chi connectivity index (χ4n) is 2.30. The lowest BCUT2D eigenvalue weighted by molar-refractivity contribution is 0.373. The first-order valence-corrected chi connectivity index (χ1v) is 6.92. The summed E-state index contributed by atoms with van der Waals surface area (Å²) >= 11 is 0. The molecule has 0 spiro atoms. The molecule has 3 rings (SSSR count). The third kappa shape index (κ3) is 3.01. The number of nitrogens with zero attached hydrogens (tertiary/aromatic N) is 2. The van der Waals surface area contributed by atoms with Gasteiger partial charge in [0.15, 0.2) is 23.1 Å². The van der Waals surface area contributed by atoms with Crippen molar-refractivity contribution in [3.8, 4) is 22.8 Å². The SMILES string of the molecule is COc1ccc(-c2ccn(Cc3cccc(F)c3F)n2)cc1O. The second kappa shape index (κ2) is 6.08. The number of rotatable bonds is 4. The molecule has 118 valence electrons. The number of phenols is 1. The van der Waals surface area contributed by atoms with Crippen LogP contribution in [0.5, 0.6) is 11.5 Å². The summed E-state index contributed by atoms with van der Waals surface area (Å²) in [5.74, 6) is -1.37. The molecular weight excluding hydrogens is 302 g/mol. The fourth-order valence-corrected chi connectivity index (χ4v) is 2.30. The van der Waals surface area contributed by atoms with E-state index in [4.69, 9.17) is 4.74 Å². The number of ether oxygens (including phenoxy) is 1. The molecule has 1 heterocycles. The molecule has 6 heteroatoms. The van der Waals surface area contributed by atoms with E-state index in [9.17, 15) is 13.9 Å². The van der Waals surface area contributed by atoms with E-state index in [-0.39, 0.29) is 17.9 Å². The van der Waals surface area contributed by atoms with E-state index >= 15 is 0 Å². The predicted octanol–water partition coefficient (Wildman–Crippen LogP) is 3.59. The van der Waals surface area contributed by atoms with Gasteiger partial charge in [0.2, 0.25) is 0 Å². The van der Waals surface area contributed by atoms with Crippen LogP contribution in [-0.4, -0.2) is 22.0 Å². The van der Waals surface area contributed by atoms with Crippen LogP contribution in [0.3, 0.4) is 0 Å². The van der Waals surface area contributed by atoms with Crippen LogP contribution in [0, 0.1) is 11.6 Å². The summed E-state index contributed by atoms with van der Waals surface area (Å²) in [4.78, 5) is 0. The molecule has 0 radical (unpaired) electrons. The number of hydrogen-bond donors (Lipinski definition) is 1. The maximum absolute atomic E-state index is 13.7. The highest BCUT2D eigenvalue weighted by Crippen LogP contribution is 2.30. The molecule has 0 aliphatic heterocycles. The summed E-state index contributed by atoms with van der Waals surface area (Å²) in [6.45, 7) is 0.117. The average Bonchev–Trinajstić information content (AvgIpc) is 3.00. The zero-order valence-electron chi connectivity index (χ0n) is 12.3. The van der Waals surface area contributed by atoms with Gasteiger partial charge in [0.1, 0.15) is 0 Å². The minimum atomic E-state index is -0.880. The number of aromatic nitrogens is 2. The van der Waals surface area contributed by atoms with Crippen LogP contribution in [0.4, 0.5) is 8.78 Å². The van der Waals surface area contributed by atoms with Crippen molar-refractivity contribution in [2.24, 2.45) is 0 Å². The second-order valence-electron chi connectivity index (χ2n) is 5.00. The van der Waals surface area contributed by atoms with Crippen molar-refractivity contribution in [1.29, 1.82) is 0 Å². The number of hydrogen-bond acceptors (Lipinski definition) is 3. The zero-order chi connectivity index (χ0) is 16.4. The Morgan fingerprint density at radius 1 is 1.17 bits per heavy atom. The lowest BCUT2D eigenvalue weighted by atomic mass is 10.1. The number of phenolic OH excluding ortho intramolecular Hbond substituents is 1. The molecule has 0 saturated heterocycles. The number of aromatic hydroxyl groups is 1. The maximum Gasteiger partial charge on any atom is 0.163 e. The number of methoxy groups -OCH3 is 1. The van der Waals surface area contributed by atoms with Gasteiger partial charge < -0.3 is 9.84 Å². The maximum atomic E-state index is 13.7. The van der Waals surface area contributed by atoms with Gasteiger partial charge in [0, 0.05) is 17.3 Å². The van der Waals surface area contributed by atoms with Crippen LogP contribution >= 0.6 is 0 Å². The van der Waals surface area contributed by atoms with Crippen LogP contribution in [0.1, 0.15) is 5.56 Å². The van der Waals surface area contributed by atoms with Crippen molar-refractivity contribution >= 4 is 0 Å². The average molecular weight is 316 g/mol. The highest BCUT2D eigenvalue weighted by molar-refractivity contribution is 5.63. The Hall–Kier alpha value is -2.89. The Morgan fingerprint density at radius 3 is 2.74 bits per heavy atom. The highest BCUT2D eigenvalue weighted by atomic mass is 19.2. The van der Waals surface area contributed by atoms with Crippen molar-refractivity contribution in [2.75, 3.05) is 7.11 Å². The van der Waals surface area contributed by atoms with Gasteiger partial charge in [-0.25, -0.2) is 8.78 Å². The molecule has 1 aromatic heterocycles. The van der Waals surface area contributed by atoms with Crippen LogP contribution in [0.15, 0.2) is 48.7 Å². The van der Waals surface area contributed by atoms with E-state index in [1.165, 1.54) is 30.0 Å². The zero-order valence-corrected chi connectivity index (χ0v) is 12.3. The summed E-state index contributed by atoms with van der Waals surface area (Å²) in [6, 6.07) is 10.7. The molecule has 1 N–H and O–H groups in total. The van der Waals surface area contributed by atoms with Crippen LogP contribution in [-0.2, 0) is 6.54 Å². The lowest BCUT2D eigenvalue weighted by Crippen LogP contribution is -2.04. The molecule has 0 amide bonds. The summed E-state index contributed by atoms with van der Waals surface area (Å²) in [5.41, 5.74) is 1.53. The summed E-state index contributed by atoms with van der Waals surface area (Å²) in [5, 5.41) is 14.1. The molecule has 0 atom stereocenters. The third-order valence-corrected chi connectivity index (χ3v) is 3.48. The van der Waals surface area contributed by atoms with Crippen molar-refractivity contribution in [1.82, 2.24) is 9.78 Å². The van der Waals surface area contributed by atoms with E-state index in [2.05, 4.69) is 5.10 Å². The van der Waals surface area contributed by atoms with Crippen molar-refractivity contribution in [3.63, 3.8) is 0 Å². The van der Waals surface area contributed by atoms with Gasteiger partial charge in [-0.05, 0) is 30.3 Å². The molecule has 23 heavy (non-hydrogen) atoms. The molecule has 0 unspecified atom stereocenters. The van der Waals surface area contributed by atoms with Gasteiger partial charge in [0.25, 0.3) is 0 Å². The fraction of sp³-hybridized carbons (Fsp3) is 0.118. The Balaban J connectivity index is 1.86. The smallest absolute Gasteiger partial charge is 0.163 e. The lowest BCUT2D eigenvalue weighted by Gasteiger charge is -2.05. The predicted molar refractivity (Wildman–Crippen MR) is 81.3 cm³/mol. The van der Waals surface area contributed by atoms with Crippen molar-refractivity contribution < 1.29 is 18.6 Å². The molecule has 0 bridgehead atoms. The van der Waals surface area contributed by atoms with Crippen molar-refractivity contribution in [3.05, 3.63) is 65.9 Å².